The summed E-state index contributed by atoms with van der Waals surface area (Å²) in [5, 5.41) is 13.9. The van der Waals surface area contributed by atoms with Crippen LogP contribution >= 0.6 is 7.82 Å². The van der Waals surface area contributed by atoms with Gasteiger partial charge in [0.15, 0.2) is 0 Å². The molecule has 0 fully saturated rings. The zero-order chi connectivity index (χ0) is 52.7. The number of rotatable bonds is 49. The van der Waals surface area contributed by atoms with E-state index in [9.17, 15) is 19.4 Å². The number of carbonyl (C=O) groups is 1. The Morgan fingerprint density at radius 3 is 1.28 bits per heavy atom. The number of hydrogen-bond acceptors (Lipinski definition) is 5. The summed E-state index contributed by atoms with van der Waals surface area (Å²) in [6.45, 7) is 4.62. The number of nitrogens with zero attached hydrogens (tertiary/aromatic N) is 1. The number of quaternary nitrogens is 1. The molecule has 0 aromatic heterocycles. The highest BCUT2D eigenvalue weighted by atomic mass is 31.2. The molecule has 1 amide bonds. The fraction of sp³-hybridized carbons (Fsp3) is 0.603. The SMILES string of the molecule is CC/C=C\C/C=C\C/C=C\C/C=C\C/C=C\C/C=C\C/C=C\C/C=C\C/C=C\CCCCCC(=O)NC(COP(=O)(O)OCC[N+](C)(C)C)C(O)/C=C/CC/C=C/CC/C=C/CCCCCCCCCCC. The Kier molecular flexibility index (Phi) is 49.6. The predicted octanol–water partition coefficient (Wildman–Crippen LogP) is 17.3. The van der Waals surface area contributed by atoms with E-state index in [2.05, 4.69) is 153 Å². The number of carbonyl (C=O) groups excluding carboxylic acids is 1. The van der Waals surface area contributed by atoms with Crippen molar-refractivity contribution in [3.05, 3.63) is 146 Å². The third kappa shape index (κ3) is 54.2. The van der Waals surface area contributed by atoms with Gasteiger partial charge in [0.2, 0.25) is 5.91 Å². The second kappa shape index (κ2) is 52.3. The van der Waals surface area contributed by atoms with Crippen LogP contribution in [-0.4, -0.2) is 73.4 Å². The number of phosphoric acid groups is 1. The van der Waals surface area contributed by atoms with Crippen LogP contribution in [0.2, 0.25) is 0 Å². The van der Waals surface area contributed by atoms with Gasteiger partial charge in [0, 0.05) is 6.42 Å². The van der Waals surface area contributed by atoms with Gasteiger partial charge >= 0.3 is 7.82 Å². The molecule has 0 radical (unpaired) electrons. The largest absolute Gasteiger partial charge is 0.472 e. The molecule has 9 heteroatoms. The lowest BCUT2D eigenvalue weighted by Crippen LogP contribution is -2.45. The van der Waals surface area contributed by atoms with Crippen molar-refractivity contribution in [2.24, 2.45) is 0 Å². The number of allylic oxidation sites excluding steroid dienone is 23. The first kappa shape index (κ1) is 68.4. The van der Waals surface area contributed by atoms with E-state index in [1.807, 2.05) is 27.2 Å². The lowest BCUT2D eigenvalue weighted by atomic mass is 10.1. The van der Waals surface area contributed by atoms with E-state index in [-0.39, 0.29) is 19.1 Å². The Morgan fingerprint density at radius 2 is 0.847 bits per heavy atom. The van der Waals surface area contributed by atoms with Crippen LogP contribution in [0.5, 0.6) is 0 Å². The number of nitrogens with one attached hydrogen (secondary N) is 1. The van der Waals surface area contributed by atoms with Crippen LogP contribution in [0.25, 0.3) is 0 Å². The normalized spacial score (nSPS) is 15.0. The molecule has 0 aliphatic carbocycles. The number of unbranched alkanes of at least 4 members (excludes halogenated alkanes) is 14. The zero-order valence-corrected chi connectivity index (χ0v) is 47.2. The van der Waals surface area contributed by atoms with Gasteiger partial charge in [-0.2, -0.15) is 0 Å². The van der Waals surface area contributed by atoms with Gasteiger partial charge < -0.3 is 19.8 Å². The van der Waals surface area contributed by atoms with E-state index >= 15 is 0 Å². The molecule has 0 aliphatic heterocycles. The number of likely N-dealkylation sites (N-methyl/N-ethyl adjacent to an activating group) is 1. The Bertz CT molecular complexity index is 1670. The maximum Gasteiger partial charge on any atom is 0.472 e. The molecule has 72 heavy (non-hydrogen) atoms. The molecule has 0 aliphatic rings. The molecule has 3 atom stereocenters. The van der Waals surface area contributed by atoms with Crippen molar-refractivity contribution in [1.29, 1.82) is 0 Å². The second-order valence-corrected chi connectivity index (χ2v) is 21.0. The van der Waals surface area contributed by atoms with Crippen molar-refractivity contribution in [2.75, 3.05) is 40.9 Å². The quantitative estimate of drug-likeness (QED) is 0.0243. The monoisotopic (exact) mass is 1020 g/mol. The number of phosphoric ester groups is 1. The van der Waals surface area contributed by atoms with Crippen molar-refractivity contribution < 1.29 is 32.9 Å². The van der Waals surface area contributed by atoms with E-state index in [1.165, 1.54) is 64.2 Å². The van der Waals surface area contributed by atoms with Crippen LogP contribution in [0.1, 0.15) is 194 Å². The van der Waals surface area contributed by atoms with E-state index in [1.54, 1.807) is 6.08 Å². The van der Waals surface area contributed by atoms with Gasteiger partial charge in [0.25, 0.3) is 0 Å². The third-order valence-corrected chi connectivity index (χ3v) is 12.5. The first-order chi connectivity index (χ1) is 35.0. The van der Waals surface area contributed by atoms with Gasteiger partial charge in [-0.3, -0.25) is 13.8 Å². The highest BCUT2D eigenvalue weighted by molar-refractivity contribution is 7.47. The third-order valence-electron chi connectivity index (χ3n) is 11.5. The van der Waals surface area contributed by atoms with Crippen LogP contribution in [-0.2, 0) is 18.4 Å². The van der Waals surface area contributed by atoms with Gasteiger partial charge in [-0.1, -0.05) is 217 Å². The van der Waals surface area contributed by atoms with Crippen molar-refractivity contribution >= 4 is 13.7 Å². The van der Waals surface area contributed by atoms with Crippen LogP contribution in [0, 0.1) is 0 Å². The molecule has 0 bridgehead atoms. The van der Waals surface area contributed by atoms with Crippen molar-refractivity contribution in [3.63, 3.8) is 0 Å². The summed E-state index contributed by atoms with van der Waals surface area (Å²) in [4.78, 5) is 23.3. The Morgan fingerprint density at radius 1 is 0.486 bits per heavy atom. The van der Waals surface area contributed by atoms with Crippen molar-refractivity contribution in [1.82, 2.24) is 5.32 Å². The van der Waals surface area contributed by atoms with Crippen molar-refractivity contribution in [2.45, 2.75) is 206 Å². The minimum atomic E-state index is -4.38. The Balaban J connectivity index is 4.42. The van der Waals surface area contributed by atoms with Gasteiger partial charge in [-0.15, -0.1) is 0 Å². The predicted molar refractivity (Wildman–Crippen MR) is 313 cm³/mol. The number of aliphatic hydroxyl groups excluding tert-OH is 1. The molecular weight excluding hydrogens is 912 g/mol. The second-order valence-electron chi connectivity index (χ2n) is 19.6. The molecule has 0 aromatic rings. The fourth-order valence-corrected chi connectivity index (χ4v) is 7.86. The minimum Gasteiger partial charge on any atom is -0.387 e. The molecule has 8 nitrogen and oxygen atoms in total. The van der Waals surface area contributed by atoms with Crippen molar-refractivity contribution in [3.8, 4) is 0 Å². The van der Waals surface area contributed by atoms with E-state index in [4.69, 9.17) is 9.05 Å². The zero-order valence-electron chi connectivity index (χ0n) is 46.4. The summed E-state index contributed by atoms with van der Waals surface area (Å²) in [7, 11) is 1.50. The molecule has 0 aromatic carbocycles. The summed E-state index contributed by atoms with van der Waals surface area (Å²) >= 11 is 0. The van der Waals surface area contributed by atoms with Crippen LogP contribution in [0.3, 0.4) is 0 Å². The standard InChI is InChI=1S/C63H105N2O6P/c1-6-8-10-12-14-16-18-20-22-24-26-27-28-29-30-31-32-33-34-35-36-37-39-41-43-45-47-49-51-53-55-57-63(67)64-61(60-71-72(68,69)70-59-58-65(3,4)5)62(66)56-54-52-50-48-46-44-42-40-38-25-23-21-19-17-15-13-11-9-7-2/h8,10,14,16,20,22,26-27,29-30,32-33,35-36,38-41,45-48,54,56,61-62,66H,6-7,9,11-13,15,17-19,21,23-25,28,31,34,37,42-44,49-53,55,57-60H2,1-5H3,(H-,64,67,68,69)/p+1/b10-8-,16-14-,22-20-,27-26-,30-29-,33-32-,36-35-,40-38+,41-39-,47-45-,48-46+,56-54+. The highest BCUT2D eigenvalue weighted by Gasteiger charge is 2.27. The number of hydrogen-bond donors (Lipinski definition) is 3. The molecule has 0 rings (SSSR count). The summed E-state index contributed by atoms with van der Waals surface area (Å²) in [6, 6.07) is -0.900. The number of amides is 1. The summed E-state index contributed by atoms with van der Waals surface area (Å²) in [5.74, 6) is -0.230. The Hall–Kier alpha value is -3.62. The first-order valence-electron chi connectivity index (χ1n) is 28.2. The number of aliphatic hydroxyl groups is 1. The lowest BCUT2D eigenvalue weighted by molar-refractivity contribution is -0.870. The maximum absolute atomic E-state index is 13.0. The maximum atomic E-state index is 13.0. The summed E-state index contributed by atoms with van der Waals surface area (Å²) in [6.07, 6.45) is 80.9. The molecule has 3 N–H and O–H groups in total. The smallest absolute Gasteiger partial charge is 0.387 e. The average molecular weight is 1020 g/mol. The first-order valence-corrected chi connectivity index (χ1v) is 29.7. The molecule has 0 heterocycles. The van der Waals surface area contributed by atoms with Crippen LogP contribution in [0.15, 0.2) is 146 Å². The van der Waals surface area contributed by atoms with Crippen LogP contribution in [0.4, 0.5) is 0 Å². The molecule has 0 saturated carbocycles. The molecule has 408 valence electrons. The minimum absolute atomic E-state index is 0.0379. The van der Waals surface area contributed by atoms with E-state index < -0.39 is 20.0 Å². The van der Waals surface area contributed by atoms with Gasteiger partial charge in [0.1, 0.15) is 13.2 Å². The molecule has 3 unspecified atom stereocenters. The lowest BCUT2D eigenvalue weighted by Gasteiger charge is -2.25. The molecule has 0 spiro atoms. The summed E-state index contributed by atoms with van der Waals surface area (Å²) < 4.78 is 23.6. The highest BCUT2D eigenvalue weighted by Crippen LogP contribution is 2.43. The Labute approximate surface area is 442 Å². The van der Waals surface area contributed by atoms with E-state index in [0.717, 1.165) is 103 Å². The molecule has 0 saturated heterocycles. The van der Waals surface area contributed by atoms with Gasteiger partial charge in [-0.25, -0.2) is 4.57 Å². The van der Waals surface area contributed by atoms with Crippen LogP contribution < -0.4 is 5.32 Å². The molecular formula is C63H106N2O6P+. The fourth-order valence-electron chi connectivity index (χ4n) is 7.12. The van der Waals surface area contributed by atoms with Gasteiger partial charge in [0.05, 0.1) is 39.9 Å². The summed E-state index contributed by atoms with van der Waals surface area (Å²) in [5.41, 5.74) is 0. The average Bonchev–Trinajstić information content (AvgIpc) is 3.34. The van der Waals surface area contributed by atoms with Gasteiger partial charge in [-0.05, 0) is 116 Å². The topological polar surface area (TPSA) is 105 Å². The van der Waals surface area contributed by atoms with E-state index in [0.29, 0.717) is 23.9 Å².